The van der Waals surface area contributed by atoms with Gasteiger partial charge in [0.15, 0.2) is 0 Å². The lowest BCUT2D eigenvalue weighted by Crippen LogP contribution is -2.48. The highest BCUT2D eigenvalue weighted by Crippen LogP contribution is 2.22. The number of hydrogen-bond acceptors (Lipinski definition) is 6. The van der Waals surface area contributed by atoms with Gasteiger partial charge in [-0.1, -0.05) is 24.3 Å². The Hall–Kier alpha value is -2.95. The van der Waals surface area contributed by atoms with Gasteiger partial charge in [0.1, 0.15) is 11.8 Å². The second kappa shape index (κ2) is 15.2. The van der Waals surface area contributed by atoms with E-state index in [-0.39, 0.29) is 35.8 Å². The summed E-state index contributed by atoms with van der Waals surface area (Å²) in [6.07, 6.45) is 3.21. The molecule has 0 aromatic heterocycles. The fourth-order valence-electron chi connectivity index (χ4n) is 4.56. The summed E-state index contributed by atoms with van der Waals surface area (Å²) in [7, 11) is -1.88. The van der Waals surface area contributed by atoms with Crippen molar-refractivity contribution in [2.24, 2.45) is 0 Å². The fraction of sp³-hybridized carbons (Fsp3) is 0.533. The molecule has 2 amide bonds. The van der Waals surface area contributed by atoms with Crippen molar-refractivity contribution in [2.75, 3.05) is 33.4 Å². The normalized spacial score (nSPS) is 14.7. The van der Waals surface area contributed by atoms with Crippen LogP contribution < -0.4 is 10.1 Å². The molecule has 0 spiro atoms. The van der Waals surface area contributed by atoms with E-state index in [9.17, 15) is 18.0 Å². The van der Waals surface area contributed by atoms with E-state index in [1.807, 2.05) is 38.1 Å². The van der Waals surface area contributed by atoms with Crippen molar-refractivity contribution in [3.63, 3.8) is 0 Å². The number of benzene rings is 2. The zero-order chi connectivity index (χ0) is 29.1. The second-order valence-corrected chi connectivity index (χ2v) is 12.3. The Bertz CT molecular complexity index is 1190. The molecule has 2 aromatic rings. The molecule has 1 aliphatic heterocycles. The van der Waals surface area contributed by atoms with E-state index < -0.39 is 16.1 Å². The third-order valence-electron chi connectivity index (χ3n) is 7.00. The summed E-state index contributed by atoms with van der Waals surface area (Å²) in [5.74, 6) is 0.337. The third kappa shape index (κ3) is 9.04. The number of ether oxygens (including phenoxy) is 2. The first-order valence-electron chi connectivity index (χ1n) is 14.0. The number of nitrogens with zero attached hydrogens (tertiary/aromatic N) is 2. The predicted molar refractivity (Wildman–Crippen MR) is 154 cm³/mol. The molecule has 0 bridgehead atoms. The minimum Gasteiger partial charge on any atom is -0.497 e. The van der Waals surface area contributed by atoms with Crippen LogP contribution in [0.4, 0.5) is 0 Å². The van der Waals surface area contributed by atoms with E-state index in [1.165, 1.54) is 4.31 Å². The standard InChI is InChI=1S/C30H43N3O6S/c1-23(2)39-21-7-18-31-30(35)24(3)33(22-26-8-13-27(38-4)14-9-26)29(34)17-12-25-10-15-28(16-11-25)40(36,37)32-19-5-6-20-32/h8-11,13-16,23-24H,5-7,12,17-22H2,1-4H3,(H,31,35)/t24-/m0/s1. The lowest BCUT2D eigenvalue weighted by Gasteiger charge is -2.29. The molecule has 0 unspecified atom stereocenters. The van der Waals surface area contributed by atoms with Gasteiger partial charge in [-0.2, -0.15) is 4.31 Å². The van der Waals surface area contributed by atoms with Gasteiger partial charge >= 0.3 is 0 Å². The van der Waals surface area contributed by atoms with Crippen molar-refractivity contribution in [2.45, 2.75) is 76.5 Å². The lowest BCUT2D eigenvalue weighted by atomic mass is 10.1. The quantitative estimate of drug-likeness (QED) is 0.326. The van der Waals surface area contributed by atoms with Crippen molar-refractivity contribution in [3.8, 4) is 5.75 Å². The number of nitrogens with one attached hydrogen (secondary N) is 1. The molecule has 220 valence electrons. The number of hydrogen-bond donors (Lipinski definition) is 1. The van der Waals surface area contributed by atoms with E-state index >= 15 is 0 Å². The summed E-state index contributed by atoms with van der Waals surface area (Å²) < 4.78 is 37.9. The highest BCUT2D eigenvalue weighted by molar-refractivity contribution is 7.89. The Morgan fingerprint density at radius 1 is 0.975 bits per heavy atom. The average molecular weight is 574 g/mol. The van der Waals surface area contributed by atoms with Crippen molar-refractivity contribution in [1.29, 1.82) is 0 Å². The highest BCUT2D eigenvalue weighted by atomic mass is 32.2. The van der Waals surface area contributed by atoms with E-state index in [0.717, 1.165) is 24.0 Å². The highest BCUT2D eigenvalue weighted by Gasteiger charge is 2.28. The fourth-order valence-corrected chi connectivity index (χ4v) is 6.08. The minimum absolute atomic E-state index is 0.137. The van der Waals surface area contributed by atoms with Crippen LogP contribution in [0.3, 0.4) is 0 Å². The number of aryl methyl sites for hydroxylation is 1. The summed E-state index contributed by atoms with van der Waals surface area (Å²) in [4.78, 5) is 28.3. The molecule has 9 nitrogen and oxygen atoms in total. The second-order valence-electron chi connectivity index (χ2n) is 10.4. The monoisotopic (exact) mass is 573 g/mol. The van der Waals surface area contributed by atoms with E-state index in [2.05, 4.69) is 5.32 Å². The van der Waals surface area contributed by atoms with Gasteiger partial charge in [0.05, 0.1) is 18.1 Å². The first-order valence-corrected chi connectivity index (χ1v) is 15.5. The Balaban J connectivity index is 1.64. The maximum atomic E-state index is 13.4. The van der Waals surface area contributed by atoms with E-state index in [0.29, 0.717) is 44.8 Å². The number of amides is 2. The molecule has 0 saturated carbocycles. The summed E-state index contributed by atoms with van der Waals surface area (Å²) >= 11 is 0. The lowest BCUT2D eigenvalue weighted by molar-refractivity contribution is -0.140. The summed E-state index contributed by atoms with van der Waals surface area (Å²) in [6.45, 7) is 8.08. The molecular weight excluding hydrogens is 530 g/mol. The molecule has 1 atom stereocenters. The summed E-state index contributed by atoms with van der Waals surface area (Å²) in [5.41, 5.74) is 1.75. The van der Waals surface area contributed by atoms with Crippen LogP contribution in [0.25, 0.3) is 0 Å². The van der Waals surface area contributed by atoms with Crippen LogP contribution in [-0.4, -0.2) is 74.9 Å². The predicted octanol–water partition coefficient (Wildman–Crippen LogP) is 3.76. The Kier molecular flexibility index (Phi) is 12.0. The van der Waals surface area contributed by atoms with Gasteiger partial charge in [0.25, 0.3) is 0 Å². The molecule has 2 aromatic carbocycles. The van der Waals surface area contributed by atoms with Crippen LogP contribution >= 0.6 is 0 Å². The maximum absolute atomic E-state index is 13.4. The first kappa shape index (κ1) is 31.6. The van der Waals surface area contributed by atoms with Gasteiger partial charge < -0.3 is 19.7 Å². The van der Waals surface area contributed by atoms with Crippen LogP contribution in [0.15, 0.2) is 53.4 Å². The smallest absolute Gasteiger partial charge is 0.243 e. The number of sulfonamides is 1. The van der Waals surface area contributed by atoms with Crippen LogP contribution in [0.5, 0.6) is 5.75 Å². The van der Waals surface area contributed by atoms with Crippen molar-refractivity contribution in [3.05, 3.63) is 59.7 Å². The summed E-state index contributed by atoms with van der Waals surface area (Å²) in [6, 6.07) is 13.5. The zero-order valence-electron chi connectivity index (χ0n) is 24.1. The van der Waals surface area contributed by atoms with Gasteiger partial charge in [-0.15, -0.1) is 0 Å². The van der Waals surface area contributed by atoms with Crippen molar-refractivity contribution >= 4 is 21.8 Å². The molecule has 0 radical (unpaired) electrons. The number of methoxy groups -OCH3 is 1. The first-order chi connectivity index (χ1) is 19.1. The van der Waals surface area contributed by atoms with Crippen LogP contribution in [0.1, 0.15) is 57.6 Å². The molecule has 1 heterocycles. The Labute approximate surface area is 238 Å². The largest absolute Gasteiger partial charge is 0.497 e. The number of carbonyl (C=O) groups is 2. The van der Waals surface area contributed by atoms with Gasteiger partial charge in [-0.05, 0) is 81.8 Å². The minimum atomic E-state index is -3.48. The molecule has 3 rings (SSSR count). The molecule has 40 heavy (non-hydrogen) atoms. The number of carbonyl (C=O) groups excluding carboxylic acids is 2. The Morgan fingerprint density at radius 2 is 1.60 bits per heavy atom. The molecule has 1 saturated heterocycles. The van der Waals surface area contributed by atoms with Gasteiger partial charge in [-0.3, -0.25) is 9.59 Å². The SMILES string of the molecule is COc1ccc(CN(C(=O)CCc2ccc(S(=O)(=O)N3CCCC3)cc2)[C@@H](C)C(=O)NCCCOC(C)C)cc1. The molecule has 1 N–H and O–H groups in total. The van der Waals surface area contributed by atoms with Crippen LogP contribution in [0, 0.1) is 0 Å². The van der Waals surface area contributed by atoms with Gasteiger partial charge in [0, 0.05) is 39.2 Å². The molecule has 1 aliphatic rings. The third-order valence-corrected chi connectivity index (χ3v) is 8.92. The molecule has 1 fully saturated rings. The van der Waals surface area contributed by atoms with Gasteiger partial charge in [-0.25, -0.2) is 8.42 Å². The van der Waals surface area contributed by atoms with Crippen molar-refractivity contribution in [1.82, 2.24) is 14.5 Å². The van der Waals surface area contributed by atoms with Crippen LogP contribution in [0.2, 0.25) is 0 Å². The maximum Gasteiger partial charge on any atom is 0.243 e. The van der Waals surface area contributed by atoms with E-state index in [4.69, 9.17) is 9.47 Å². The molecular formula is C30H43N3O6S. The van der Waals surface area contributed by atoms with E-state index in [1.54, 1.807) is 43.2 Å². The van der Waals surface area contributed by atoms with Crippen molar-refractivity contribution < 1.29 is 27.5 Å². The average Bonchev–Trinajstić information content (AvgIpc) is 3.50. The Morgan fingerprint density at radius 3 is 2.20 bits per heavy atom. The zero-order valence-corrected chi connectivity index (χ0v) is 24.9. The molecule has 0 aliphatic carbocycles. The topological polar surface area (TPSA) is 105 Å². The molecule has 10 heteroatoms. The summed E-state index contributed by atoms with van der Waals surface area (Å²) in [5, 5.41) is 2.92. The van der Waals surface area contributed by atoms with Crippen LogP contribution in [-0.2, 0) is 37.3 Å². The van der Waals surface area contributed by atoms with Gasteiger partial charge in [0.2, 0.25) is 21.8 Å². The number of rotatable bonds is 15.